The minimum absolute atomic E-state index is 0.296. The third-order valence-corrected chi connectivity index (χ3v) is 4.74. The Morgan fingerprint density at radius 3 is 2.83 bits per heavy atom. The standard InChI is InChI=1S/C19H29NO3/c1-2-6-16(18-13-17(18)10-12-21)9-11-20-19(22)23-14-15-7-4-3-5-8-15/h3-5,7-8,16-18,21H,2,6,9-14H2,1H3,(H,20,22)/t16?,17-,18-/m1/s1. The molecular weight excluding hydrogens is 290 g/mol. The Balaban J connectivity index is 1.63. The zero-order valence-corrected chi connectivity index (χ0v) is 14.0. The maximum atomic E-state index is 11.7. The normalized spacial score (nSPS) is 20.8. The SMILES string of the molecule is CCCC(CCNC(=O)OCc1ccccc1)[C@H]1C[C@H]1CCO. The molecule has 4 heteroatoms. The van der Waals surface area contributed by atoms with Gasteiger partial charge in [0.15, 0.2) is 0 Å². The van der Waals surface area contributed by atoms with Gasteiger partial charge in [-0.2, -0.15) is 0 Å². The van der Waals surface area contributed by atoms with E-state index in [1.807, 2.05) is 30.3 Å². The fourth-order valence-corrected chi connectivity index (χ4v) is 3.42. The first-order valence-corrected chi connectivity index (χ1v) is 8.80. The van der Waals surface area contributed by atoms with E-state index in [0.717, 1.165) is 24.3 Å². The van der Waals surface area contributed by atoms with Crippen molar-refractivity contribution in [3.05, 3.63) is 35.9 Å². The van der Waals surface area contributed by atoms with Crippen LogP contribution in [-0.2, 0) is 11.3 Å². The van der Waals surface area contributed by atoms with Gasteiger partial charge in [-0.15, -0.1) is 0 Å². The van der Waals surface area contributed by atoms with E-state index in [1.54, 1.807) is 0 Å². The molecule has 1 unspecified atom stereocenters. The zero-order valence-electron chi connectivity index (χ0n) is 14.0. The molecule has 1 aliphatic carbocycles. The number of nitrogens with one attached hydrogen (secondary N) is 1. The Morgan fingerprint density at radius 1 is 1.35 bits per heavy atom. The molecule has 128 valence electrons. The molecule has 1 aromatic rings. The van der Waals surface area contributed by atoms with Crippen molar-refractivity contribution in [1.82, 2.24) is 5.32 Å². The van der Waals surface area contributed by atoms with Crippen molar-refractivity contribution >= 4 is 6.09 Å². The fraction of sp³-hybridized carbons (Fsp3) is 0.632. The van der Waals surface area contributed by atoms with Crippen molar-refractivity contribution in [2.24, 2.45) is 17.8 Å². The molecule has 4 nitrogen and oxygen atoms in total. The largest absolute Gasteiger partial charge is 0.445 e. The molecule has 0 heterocycles. The van der Waals surface area contributed by atoms with Crippen LogP contribution in [0, 0.1) is 17.8 Å². The number of aliphatic hydroxyl groups excluding tert-OH is 1. The van der Waals surface area contributed by atoms with E-state index in [4.69, 9.17) is 9.84 Å². The second-order valence-corrected chi connectivity index (χ2v) is 6.50. The predicted molar refractivity (Wildman–Crippen MR) is 90.9 cm³/mol. The zero-order chi connectivity index (χ0) is 16.5. The number of amides is 1. The molecule has 0 bridgehead atoms. The van der Waals surface area contributed by atoms with Crippen LogP contribution in [0.1, 0.15) is 44.6 Å². The summed E-state index contributed by atoms with van der Waals surface area (Å²) in [4.78, 5) is 11.7. The van der Waals surface area contributed by atoms with Gasteiger partial charge in [-0.25, -0.2) is 4.79 Å². The van der Waals surface area contributed by atoms with Crippen molar-refractivity contribution < 1.29 is 14.6 Å². The molecule has 0 radical (unpaired) electrons. The molecule has 3 atom stereocenters. The van der Waals surface area contributed by atoms with Gasteiger partial charge in [0.05, 0.1) is 0 Å². The van der Waals surface area contributed by atoms with Crippen molar-refractivity contribution in [1.29, 1.82) is 0 Å². The molecule has 1 aromatic carbocycles. The van der Waals surface area contributed by atoms with Crippen LogP contribution in [0.25, 0.3) is 0 Å². The molecule has 1 fully saturated rings. The Bertz CT molecular complexity index is 463. The highest BCUT2D eigenvalue weighted by Gasteiger charge is 2.41. The monoisotopic (exact) mass is 319 g/mol. The third kappa shape index (κ3) is 6.22. The van der Waals surface area contributed by atoms with Crippen LogP contribution in [0.15, 0.2) is 30.3 Å². The third-order valence-electron chi connectivity index (χ3n) is 4.74. The Kier molecular flexibility index (Phi) is 7.40. The highest BCUT2D eigenvalue weighted by atomic mass is 16.5. The average molecular weight is 319 g/mol. The van der Waals surface area contributed by atoms with Crippen LogP contribution in [0.4, 0.5) is 4.79 Å². The minimum Gasteiger partial charge on any atom is -0.445 e. The topological polar surface area (TPSA) is 58.6 Å². The predicted octanol–water partition coefficient (Wildman–Crippen LogP) is 3.74. The lowest BCUT2D eigenvalue weighted by Gasteiger charge is -2.16. The lowest BCUT2D eigenvalue weighted by atomic mass is 9.92. The van der Waals surface area contributed by atoms with Crippen LogP contribution in [0.2, 0.25) is 0 Å². The summed E-state index contributed by atoms with van der Waals surface area (Å²) in [6, 6.07) is 9.70. The van der Waals surface area contributed by atoms with E-state index in [-0.39, 0.29) is 6.09 Å². The Morgan fingerprint density at radius 2 is 2.13 bits per heavy atom. The molecular formula is C19H29NO3. The molecule has 23 heavy (non-hydrogen) atoms. The quantitative estimate of drug-likeness (QED) is 0.691. The van der Waals surface area contributed by atoms with Gasteiger partial charge in [-0.3, -0.25) is 0 Å². The van der Waals surface area contributed by atoms with Gasteiger partial charge in [0.1, 0.15) is 6.61 Å². The van der Waals surface area contributed by atoms with Crippen LogP contribution in [-0.4, -0.2) is 24.4 Å². The van der Waals surface area contributed by atoms with Gasteiger partial charge < -0.3 is 15.2 Å². The highest BCUT2D eigenvalue weighted by molar-refractivity contribution is 5.67. The summed E-state index contributed by atoms with van der Waals surface area (Å²) in [6.07, 6.45) is 5.20. The molecule has 0 spiro atoms. The first-order valence-electron chi connectivity index (χ1n) is 8.80. The molecule has 0 aromatic heterocycles. The smallest absolute Gasteiger partial charge is 0.407 e. The van der Waals surface area contributed by atoms with E-state index in [2.05, 4.69) is 12.2 Å². The number of benzene rings is 1. The molecule has 2 N–H and O–H groups in total. The van der Waals surface area contributed by atoms with Crippen molar-refractivity contribution in [2.75, 3.05) is 13.2 Å². The van der Waals surface area contributed by atoms with Gasteiger partial charge in [-0.1, -0.05) is 50.1 Å². The molecule has 1 saturated carbocycles. The number of aliphatic hydroxyl groups is 1. The van der Waals surface area contributed by atoms with Crippen LogP contribution >= 0.6 is 0 Å². The van der Waals surface area contributed by atoms with Gasteiger partial charge in [-0.05, 0) is 42.6 Å². The number of carbonyl (C=O) groups is 1. The maximum Gasteiger partial charge on any atom is 0.407 e. The minimum atomic E-state index is -0.341. The summed E-state index contributed by atoms with van der Waals surface area (Å²) in [7, 11) is 0. The van der Waals surface area contributed by atoms with Crippen molar-refractivity contribution in [2.45, 2.75) is 45.6 Å². The van der Waals surface area contributed by atoms with Gasteiger partial charge in [0.25, 0.3) is 0 Å². The van der Waals surface area contributed by atoms with Crippen LogP contribution in [0.5, 0.6) is 0 Å². The van der Waals surface area contributed by atoms with E-state index in [0.29, 0.717) is 31.6 Å². The summed E-state index contributed by atoms with van der Waals surface area (Å²) in [5.74, 6) is 2.09. The summed E-state index contributed by atoms with van der Waals surface area (Å²) in [6.45, 7) is 3.48. The van der Waals surface area contributed by atoms with E-state index < -0.39 is 0 Å². The summed E-state index contributed by atoms with van der Waals surface area (Å²) < 4.78 is 5.22. The maximum absolute atomic E-state index is 11.7. The Labute approximate surface area is 139 Å². The molecule has 0 saturated heterocycles. The summed E-state index contributed by atoms with van der Waals surface area (Å²) >= 11 is 0. The number of hydrogen-bond donors (Lipinski definition) is 2. The molecule has 1 aliphatic rings. The lowest BCUT2D eigenvalue weighted by molar-refractivity contribution is 0.138. The second-order valence-electron chi connectivity index (χ2n) is 6.50. The van der Waals surface area contributed by atoms with Crippen LogP contribution in [0.3, 0.4) is 0 Å². The second kappa shape index (κ2) is 9.56. The number of alkyl carbamates (subject to hydrolysis) is 1. The van der Waals surface area contributed by atoms with Crippen LogP contribution < -0.4 is 5.32 Å². The number of rotatable bonds is 10. The number of hydrogen-bond acceptors (Lipinski definition) is 3. The van der Waals surface area contributed by atoms with Gasteiger partial charge >= 0.3 is 6.09 Å². The highest BCUT2D eigenvalue weighted by Crippen LogP contribution is 2.48. The van der Waals surface area contributed by atoms with E-state index >= 15 is 0 Å². The van der Waals surface area contributed by atoms with Gasteiger partial charge in [0.2, 0.25) is 0 Å². The Hall–Kier alpha value is -1.55. The van der Waals surface area contributed by atoms with E-state index in [1.165, 1.54) is 19.3 Å². The van der Waals surface area contributed by atoms with E-state index in [9.17, 15) is 4.79 Å². The average Bonchev–Trinajstić information content (AvgIpc) is 3.33. The number of ether oxygens (including phenoxy) is 1. The van der Waals surface area contributed by atoms with Crippen molar-refractivity contribution in [3.8, 4) is 0 Å². The van der Waals surface area contributed by atoms with Gasteiger partial charge in [0, 0.05) is 13.2 Å². The lowest BCUT2D eigenvalue weighted by Crippen LogP contribution is -2.27. The molecule has 2 rings (SSSR count). The molecule has 1 amide bonds. The fourth-order valence-electron chi connectivity index (χ4n) is 3.42. The number of carbonyl (C=O) groups excluding carboxylic acids is 1. The summed E-state index contributed by atoms with van der Waals surface area (Å²) in [5.41, 5.74) is 0.997. The van der Waals surface area contributed by atoms with Crippen molar-refractivity contribution in [3.63, 3.8) is 0 Å². The first-order chi connectivity index (χ1) is 11.2. The summed E-state index contributed by atoms with van der Waals surface area (Å²) in [5, 5.41) is 11.9. The first kappa shape index (κ1) is 17.8. The molecule has 0 aliphatic heterocycles.